The van der Waals surface area contributed by atoms with Gasteiger partial charge in [-0.15, -0.1) is 0 Å². The third kappa shape index (κ3) is 1.79. The van der Waals surface area contributed by atoms with Crippen LogP contribution in [0.25, 0.3) is 4.85 Å². The van der Waals surface area contributed by atoms with Gasteiger partial charge in [0.05, 0.1) is 13.2 Å². The molecule has 18 heavy (non-hydrogen) atoms. The summed E-state index contributed by atoms with van der Waals surface area (Å²) in [7, 11) is 0. The number of hydrogen-bond acceptors (Lipinski definition) is 1. The first-order valence-corrected chi connectivity index (χ1v) is 5.65. The van der Waals surface area contributed by atoms with Crippen molar-refractivity contribution in [3.05, 3.63) is 65.3 Å². The Balaban J connectivity index is 2.03. The average molecular weight is 237 g/mol. The van der Waals surface area contributed by atoms with Gasteiger partial charge in [0, 0.05) is 0 Å². The van der Waals surface area contributed by atoms with Gasteiger partial charge in [-0.3, -0.25) is 0 Å². The van der Waals surface area contributed by atoms with Crippen molar-refractivity contribution < 1.29 is 9.04 Å². The van der Waals surface area contributed by atoms with Gasteiger partial charge in [-0.1, -0.05) is 35.8 Å². The van der Waals surface area contributed by atoms with E-state index in [4.69, 9.17) is 11.2 Å². The molecule has 0 aromatic heterocycles. The molecule has 0 fully saturated rings. The first kappa shape index (κ1) is 11.0. The lowest BCUT2D eigenvalue weighted by Gasteiger charge is -2.07. The van der Waals surface area contributed by atoms with E-state index in [9.17, 15) is 4.39 Å². The lowest BCUT2D eigenvalue weighted by molar-refractivity contribution is 0.336. The van der Waals surface area contributed by atoms with Crippen LogP contribution in [-0.2, 0) is 11.3 Å². The first-order valence-electron chi connectivity index (χ1n) is 5.65. The van der Waals surface area contributed by atoms with Crippen LogP contribution in [0.3, 0.4) is 0 Å². The van der Waals surface area contributed by atoms with Crippen LogP contribution >= 0.6 is 0 Å². The van der Waals surface area contributed by atoms with Gasteiger partial charge >= 0.3 is 6.92 Å². The minimum absolute atomic E-state index is 0.192. The molecule has 86 valence electrons. The number of nitrogens with zero attached hydrogens (tertiary/aromatic N) is 1. The predicted molar refractivity (Wildman–Crippen MR) is 68.9 cm³/mol. The summed E-state index contributed by atoms with van der Waals surface area (Å²) in [4.78, 5) is 3.41. The maximum Gasteiger partial charge on any atom is 0.360 e. The third-order valence-corrected chi connectivity index (χ3v) is 3.10. The largest absolute Gasteiger partial charge is 0.423 e. The zero-order valence-electron chi connectivity index (χ0n) is 9.56. The standard InChI is InChI=1S/C14H9BFNO/c1-17-13-4-2-3-11(8-13)15-14-6-5-12(16)7-10(14)9-18-15/h2-8H,9H2. The van der Waals surface area contributed by atoms with E-state index in [2.05, 4.69) is 4.85 Å². The SMILES string of the molecule is [C-]#[N+]c1cccc(B2OCc3cc(F)ccc32)c1. The summed E-state index contributed by atoms with van der Waals surface area (Å²) in [6.45, 7) is 7.24. The summed E-state index contributed by atoms with van der Waals surface area (Å²) in [5.41, 5.74) is 3.40. The summed E-state index contributed by atoms with van der Waals surface area (Å²) in [5.74, 6) is -0.243. The van der Waals surface area contributed by atoms with Crippen LogP contribution in [-0.4, -0.2) is 6.92 Å². The third-order valence-electron chi connectivity index (χ3n) is 3.10. The Hall–Kier alpha value is -2.12. The van der Waals surface area contributed by atoms with Gasteiger partial charge in [-0.25, -0.2) is 9.24 Å². The average Bonchev–Trinajstić information content (AvgIpc) is 2.81. The van der Waals surface area contributed by atoms with Crippen LogP contribution < -0.4 is 10.9 Å². The molecule has 0 N–H and O–H groups in total. The molecule has 0 radical (unpaired) electrons. The van der Waals surface area contributed by atoms with Gasteiger partial charge in [0.1, 0.15) is 5.82 Å². The molecule has 2 aromatic rings. The molecule has 4 heteroatoms. The Morgan fingerprint density at radius 1 is 1.22 bits per heavy atom. The zero-order valence-corrected chi connectivity index (χ0v) is 9.56. The van der Waals surface area contributed by atoms with E-state index >= 15 is 0 Å². The van der Waals surface area contributed by atoms with E-state index in [0.29, 0.717) is 12.3 Å². The molecule has 0 amide bonds. The van der Waals surface area contributed by atoms with Crippen molar-refractivity contribution in [3.63, 3.8) is 0 Å². The normalized spacial score (nSPS) is 13.2. The Kier molecular flexibility index (Phi) is 2.62. The van der Waals surface area contributed by atoms with Crippen LogP contribution in [0.4, 0.5) is 10.1 Å². The van der Waals surface area contributed by atoms with Crippen molar-refractivity contribution in [2.24, 2.45) is 0 Å². The second-order valence-electron chi connectivity index (χ2n) is 4.24. The van der Waals surface area contributed by atoms with Gasteiger partial charge in [-0.05, 0) is 23.2 Å². The van der Waals surface area contributed by atoms with Crippen molar-refractivity contribution in [3.8, 4) is 0 Å². The molecule has 1 aliphatic heterocycles. The molecule has 0 unspecified atom stereocenters. The molecule has 0 atom stereocenters. The van der Waals surface area contributed by atoms with Crippen molar-refractivity contribution >= 4 is 23.5 Å². The molecular weight excluding hydrogens is 228 g/mol. The highest BCUT2D eigenvalue weighted by atomic mass is 19.1. The van der Waals surface area contributed by atoms with E-state index in [1.54, 1.807) is 12.1 Å². The molecule has 1 heterocycles. The summed E-state index contributed by atoms with van der Waals surface area (Å²) < 4.78 is 18.8. The molecule has 2 nitrogen and oxygen atoms in total. The zero-order chi connectivity index (χ0) is 12.5. The van der Waals surface area contributed by atoms with Crippen molar-refractivity contribution in [2.45, 2.75) is 6.61 Å². The minimum Gasteiger partial charge on any atom is -0.423 e. The van der Waals surface area contributed by atoms with Gasteiger partial charge in [0.2, 0.25) is 0 Å². The fraction of sp³-hybridized carbons (Fsp3) is 0.0714. The van der Waals surface area contributed by atoms with E-state index in [0.717, 1.165) is 16.5 Å². The van der Waals surface area contributed by atoms with Gasteiger partial charge in [0.25, 0.3) is 0 Å². The molecule has 0 aliphatic carbocycles. The van der Waals surface area contributed by atoms with Gasteiger partial charge < -0.3 is 4.65 Å². The van der Waals surface area contributed by atoms with Crippen molar-refractivity contribution in [1.82, 2.24) is 0 Å². The fourth-order valence-electron chi connectivity index (χ4n) is 2.25. The minimum atomic E-state index is -0.243. The Morgan fingerprint density at radius 2 is 2.11 bits per heavy atom. The quantitative estimate of drug-likeness (QED) is 0.546. The summed E-state index contributed by atoms with van der Waals surface area (Å²) in [6, 6.07) is 12.1. The van der Waals surface area contributed by atoms with Gasteiger partial charge in [-0.2, -0.15) is 0 Å². The Bertz CT molecular complexity index is 650. The molecule has 0 spiro atoms. The fourth-order valence-corrected chi connectivity index (χ4v) is 2.25. The lowest BCUT2D eigenvalue weighted by Crippen LogP contribution is -2.41. The second kappa shape index (κ2) is 4.28. The number of benzene rings is 2. The highest BCUT2D eigenvalue weighted by Gasteiger charge is 2.30. The van der Waals surface area contributed by atoms with E-state index in [1.807, 2.05) is 18.2 Å². The Morgan fingerprint density at radius 3 is 2.94 bits per heavy atom. The van der Waals surface area contributed by atoms with E-state index in [-0.39, 0.29) is 12.7 Å². The number of fused-ring (bicyclic) bond motifs is 1. The molecule has 0 saturated carbocycles. The maximum atomic E-state index is 13.1. The van der Waals surface area contributed by atoms with Crippen LogP contribution in [0, 0.1) is 12.4 Å². The lowest BCUT2D eigenvalue weighted by atomic mass is 9.56. The number of halogens is 1. The molecule has 3 rings (SSSR count). The second-order valence-corrected chi connectivity index (χ2v) is 4.24. The van der Waals surface area contributed by atoms with Crippen LogP contribution in [0.1, 0.15) is 5.56 Å². The van der Waals surface area contributed by atoms with E-state index < -0.39 is 0 Å². The summed E-state index contributed by atoms with van der Waals surface area (Å²) in [6.07, 6.45) is 0. The number of hydrogen-bond donors (Lipinski definition) is 0. The van der Waals surface area contributed by atoms with Crippen LogP contribution in [0.15, 0.2) is 42.5 Å². The van der Waals surface area contributed by atoms with E-state index in [1.165, 1.54) is 12.1 Å². The first-order chi connectivity index (χ1) is 8.78. The van der Waals surface area contributed by atoms with Crippen molar-refractivity contribution in [2.75, 3.05) is 0 Å². The maximum absolute atomic E-state index is 13.1. The molecule has 1 aliphatic rings. The smallest absolute Gasteiger partial charge is 0.360 e. The van der Waals surface area contributed by atoms with Crippen LogP contribution in [0.2, 0.25) is 0 Å². The van der Waals surface area contributed by atoms with Crippen LogP contribution in [0.5, 0.6) is 0 Å². The molecular formula is C14H9BFNO. The Labute approximate surface area is 105 Å². The molecule has 2 aromatic carbocycles. The van der Waals surface area contributed by atoms with Gasteiger partial charge in [0.15, 0.2) is 5.69 Å². The van der Waals surface area contributed by atoms with Crippen molar-refractivity contribution in [1.29, 1.82) is 0 Å². The number of rotatable bonds is 1. The highest BCUT2D eigenvalue weighted by molar-refractivity contribution is 6.81. The monoisotopic (exact) mass is 237 g/mol. The predicted octanol–water partition coefficient (Wildman–Crippen LogP) is 2.01. The molecule has 0 saturated heterocycles. The summed E-state index contributed by atoms with van der Waals surface area (Å²) >= 11 is 0. The molecule has 0 bridgehead atoms. The topological polar surface area (TPSA) is 13.6 Å². The highest BCUT2D eigenvalue weighted by Crippen LogP contribution is 2.15. The summed E-state index contributed by atoms with van der Waals surface area (Å²) in [5, 5.41) is 0.